The number of aliphatic hydroxyl groups is 1. The Morgan fingerprint density at radius 3 is 2.53 bits per heavy atom. The van der Waals surface area contributed by atoms with E-state index in [0.29, 0.717) is 6.61 Å². The molecule has 0 aliphatic carbocycles. The zero-order valence-corrected chi connectivity index (χ0v) is 9.95. The molecule has 0 bridgehead atoms. The zero-order chi connectivity index (χ0) is 11.9. The van der Waals surface area contributed by atoms with Crippen LogP contribution in [0.15, 0.2) is 0 Å². The zero-order valence-electron chi connectivity index (χ0n) is 9.95. The van der Waals surface area contributed by atoms with E-state index in [2.05, 4.69) is 4.74 Å². The van der Waals surface area contributed by atoms with E-state index in [4.69, 9.17) is 4.74 Å². The number of carbonyl (C=O) groups is 1. The highest BCUT2D eigenvalue weighted by Gasteiger charge is 2.32. The first-order valence-electron chi connectivity index (χ1n) is 4.92. The highest BCUT2D eigenvalue weighted by molar-refractivity contribution is 5.78. The molecule has 0 saturated carbocycles. The van der Waals surface area contributed by atoms with Crippen molar-refractivity contribution in [1.82, 2.24) is 4.90 Å². The molecule has 0 aromatic heterocycles. The second kappa shape index (κ2) is 6.76. The summed E-state index contributed by atoms with van der Waals surface area (Å²) in [6.07, 6.45) is 0.865. The van der Waals surface area contributed by atoms with Crippen molar-refractivity contribution >= 4 is 5.97 Å². The van der Waals surface area contributed by atoms with Gasteiger partial charge in [-0.1, -0.05) is 0 Å². The first-order valence-corrected chi connectivity index (χ1v) is 4.92. The van der Waals surface area contributed by atoms with Gasteiger partial charge in [-0.15, -0.1) is 0 Å². The van der Waals surface area contributed by atoms with Crippen LogP contribution in [0, 0.1) is 0 Å². The Bertz CT molecular complexity index is 194. The van der Waals surface area contributed by atoms with Gasteiger partial charge in [-0.3, -0.25) is 0 Å². The van der Waals surface area contributed by atoms with Crippen LogP contribution >= 0.6 is 0 Å². The van der Waals surface area contributed by atoms with Gasteiger partial charge in [-0.05, 0) is 20.4 Å². The SMILES string of the molecule is COCCCN(C)CC(C)(O)C(=O)OC. The van der Waals surface area contributed by atoms with E-state index < -0.39 is 11.6 Å². The lowest BCUT2D eigenvalue weighted by Gasteiger charge is -2.26. The third-order valence-corrected chi connectivity index (χ3v) is 2.09. The molecule has 0 aliphatic rings. The lowest BCUT2D eigenvalue weighted by atomic mass is 10.1. The Labute approximate surface area is 91.0 Å². The first kappa shape index (κ1) is 14.3. The molecule has 0 aromatic rings. The minimum atomic E-state index is -1.45. The van der Waals surface area contributed by atoms with Crippen LogP contribution in [0.2, 0.25) is 0 Å². The molecule has 0 fully saturated rings. The minimum absolute atomic E-state index is 0.253. The minimum Gasteiger partial charge on any atom is -0.467 e. The largest absolute Gasteiger partial charge is 0.467 e. The lowest BCUT2D eigenvalue weighted by molar-refractivity contribution is -0.162. The topological polar surface area (TPSA) is 59.0 Å². The summed E-state index contributed by atoms with van der Waals surface area (Å²) >= 11 is 0. The molecule has 1 atom stereocenters. The van der Waals surface area contributed by atoms with E-state index in [1.165, 1.54) is 14.0 Å². The summed E-state index contributed by atoms with van der Waals surface area (Å²) < 4.78 is 9.41. The van der Waals surface area contributed by atoms with Crippen molar-refractivity contribution in [2.75, 3.05) is 41.0 Å². The smallest absolute Gasteiger partial charge is 0.338 e. The third kappa shape index (κ3) is 5.71. The molecule has 5 nitrogen and oxygen atoms in total. The highest BCUT2D eigenvalue weighted by Crippen LogP contribution is 2.07. The van der Waals surface area contributed by atoms with Crippen LogP contribution in [0.25, 0.3) is 0 Å². The molecule has 5 heteroatoms. The van der Waals surface area contributed by atoms with Crippen molar-refractivity contribution in [3.05, 3.63) is 0 Å². The summed E-state index contributed by atoms with van der Waals surface area (Å²) in [6, 6.07) is 0. The van der Waals surface area contributed by atoms with Crippen LogP contribution in [0.3, 0.4) is 0 Å². The van der Waals surface area contributed by atoms with Crippen LogP contribution in [0.5, 0.6) is 0 Å². The quantitative estimate of drug-likeness (QED) is 0.478. The van der Waals surface area contributed by atoms with Crippen molar-refractivity contribution in [3.8, 4) is 0 Å². The summed E-state index contributed by atoms with van der Waals surface area (Å²) in [5, 5.41) is 9.76. The van der Waals surface area contributed by atoms with Gasteiger partial charge in [0, 0.05) is 26.8 Å². The lowest BCUT2D eigenvalue weighted by Crippen LogP contribution is -2.46. The van der Waals surface area contributed by atoms with Crippen molar-refractivity contribution < 1.29 is 19.4 Å². The summed E-state index contributed by atoms with van der Waals surface area (Å²) in [5.41, 5.74) is -1.45. The van der Waals surface area contributed by atoms with Gasteiger partial charge in [0.2, 0.25) is 0 Å². The molecule has 0 heterocycles. The monoisotopic (exact) mass is 219 g/mol. The van der Waals surface area contributed by atoms with Crippen molar-refractivity contribution in [3.63, 3.8) is 0 Å². The molecule has 0 aliphatic heterocycles. The predicted octanol–water partition coefficient (Wildman–Crippen LogP) is -0.121. The van der Waals surface area contributed by atoms with Crippen LogP contribution in [0.4, 0.5) is 0 Å². The molecular formula is C10H21NO4. The van der Waals surface area contributed by atoms with E-state index in [-0.39, 0.29) is 6.54 Å². The average molecular weight is 219 g/mol. The van der Waals surface area contributed by atoms with E-state index in [0.717, 1.165) is 13.0 Å². The number of likely N-dealkylation sites (N-methyl/N-ethyl adjacent to an activating group) is 1. The summed E-state index contributed by atoms with van der Waals surface area (Å²) in [7, 11) is 4.75. The first-order chi connectivity index (χ1) is 6.94. The van der Waals surface area contributed by atoms with Crippen molar-refractivity contribution in [2.45, 2.75) is 18.9 Å². The maximum absolute atomic E-state index is 11.2. The number of rotatable bonds is 7. The molecule has 90 valence electrons. The van der Waals surface area contributed by atoms with Crippen LogP contribution < -0.4 is 0 Å². The fourth-order valence-corrected chi connectivity index (χ4v) is 1.37. The van der Waals surface area contributed by atoms with Crippen molar-refractivity contribution in [2.24, 2.45) is 0 Å². The van der Waals surface area contributed by atoms with Gasteiger partial charge in [0.05, 0.1) is 7.11 Å². The number of hydrogen-bond donors (Lipinski definition) is 1. The standard InChI is InChI=1S/C10H21NO4/c1-10(13,9(12)15-4)8-11(2)6-5-7-14-3/h13H,5-8H2,1-4H3. The summed E-state index contributed by atoms with van der Waals surface area (Å²) in [5.74, 6) is -0.610. The maximum Gasteiger partial charge on any atom is 0.338 e. The normalized spacial score (nSPS) is 15.1. The number of hydrogen-bond acceptors (Lipinski definition) is 5. The van der Waals surface area contributed by atoms with Gasteiger partial charge in [-0.2, -0.15) is 0 Å². The maximum atomic E-state index is 11.2. The Balaban J connectivity index is 3.93. The molecule has 0 saturated heterocycles. The number of esters is 1. The number of ether oxygens (including phenoxy) is 2. The Hall–Kier alpha value is -0.650. The van der Waals surface area contributed by atoms with Gasteiger partial charge in [-0.25, -0.2) is 4.79 Å². The van der Waals surface area contributed by atoms with Crippen molar-refractivity contribution in [1.29, 1.82) is 0 Å². The third-order valence-electron chi connectivity index (χ3n) is 2.09. The van der Waals surface area contributed by atoms with E-state index >= 15 is 0 Å². The highest BCUT2D eigenvalue weighted by atomic mass is 16.5. The number of methoxy groups -OCH3 is 2. The summed E-state index contributed by atoms with van der Waals surface area (Å²) in [6.45, 7) is 3.14. The van der Waals surface area contributed by atoms with Crippen LogP contribution in [-0.2, 0) is 14.3 Å². The Morgan fingerprint density at radius 2 is 2.07 bits per heavy atom. The van der Waals surface area contributed by atoms with Gasteiger partial charge in [0.25, 0.3) is 0 Å². The average Bonchev–Trinajstić information content (AvgIpc) is 2.16. The predicted molar refractivity (Wildman–Crippen MR) is 56.6 cm³/mol. The van der Waals surface area contributed by atoms with Crippen LogP contribution in [0.1, 0.15) is 13.3 Å². The van der Waals surface area contributed by atoms with Gasteiger partial charge in [0.15, 0.2) is 5.60 Å². The van der Waals surface area contributed by atoms with E-state index in [1.54, 1.807) is 7.11 Å². The molecular weight excluding hydrogens is 198 g/mol. The molecule has 0 aromatic carbocycles. The van der Waals surface area contributed by atoms with Crippen LogP contribution in [-0.4, -0.2) is 62.5 Å². The second-order valence-electron chi connectivity index (χ2n) is 3.85. The number of carbonyl (C=O) groups excluding carboxylic acids is 1. The summed E-state index contributed by atoms with van der Waals surface area (Å²) in [4.78, 5) is 13.0. The van der Waals surface area contributed by atoms with Gasteiger partial charge in [0.1, 0.15) is 0 Å². The van der Waals surface area contributed by atoms with Gasteiger partial charge < -0.3 is 19.5 Å². The number of nitrogens with zero attached hydrogens (tertiary/aromatic N) is 1. The van der Waals surface area contributed by atoms with Gasteiger partial charge >= 0.3 is 5.97 Å². The molecule has 0 spiro atoms. The molecule has 15 heavy (non-hydrogen) atoms. The van der Waals surface area contributed by atoms with E-state index in [1.807, 2.05) is 11.9 Å². The Kier molecular flexibility index (Phi) is 6.47. The molecule has 0 amide bonds. The fourth-order valence-electron chi connectivity index (χ4n) is 1.37. The van der Waals surface area contributed by atoms with E-state index in [9.17, 15) is 9.90 Å². The second-order valence-corrected chi connectivity index (χ2v) is 3.85. The molecule has 1 unspecified atom stereocenters. The Morgan fingerprint density at radius 1 is 1.47 bits per heavy atom. The fraction of sp³-hybridized carbons (Fsp3) is 0.900. The molecule has 1 N–H and O–H groups in total. The molecule has 0 rings (SSSR count). The molecule has 0 radical (unpaired) electrons.